The summed E-state index contributed by atoms with van der Waals surface area (Å²) >= 11 is 3.31. The van der Waals surface area contributed by atoms with Crippen LogP contribution in [0.2, 0.25) is 0 Å². The maximum Gasteiger partial charge on any atom is 0.230 e. The summed E-state index contributed by atoms with van der Waals surface area (Å²) in [7, 11) is 1.99. The first kappa shape index (κ1) is 20.4. The van der Waals surface area contributed by atoms with Crippen LogP contribution < -0.4 is 5.32 Å². The maximum absolute atomic E-state index is 12.1. The Kier molecular flexibility index (Phi) is 6.98. The fourth-order valence-corrected chi connectivity index (χ4v) is 5.56. The van der Waals surface area contributed by atoms with Gasteiger partial charge >= 0.3 is 0 Å². The van der Waals surface area contributed by atoms with Crippen LogP contribution in [0.25, 0.3) is 10.7 Å². The second-order valence-electron chi connectivity index (χ2n) is 7.31. The molecule has 7 heteroatoms. The van der Waals surface area contributed by atoms with E-state index in [0.29, 0.717) is 5.75 Å². The lowest BCUT2D eigenvalue weighted by Gasteiger charge is -2.19. The third kappa shape index (κ3) is 4.74. The van der Waals surface area contributed by atoms with Gasteiger partial charge in [0.25, 0.3) is 0 Å². The zero-order valence-corrected chi connectivity index (χ0v) is 18.4. The van der Waals surface area contributed by atoms with Crippen molar-refractivity contribution in [2.24, 2.45) is 13.0 Å². The van der Waals surface area contributed by atoms with Gasteiger partial charge in [0, 0.05) is 18.0 Å². The van der Waals surface area contributed by atoms with Gasteiger partial charge in [0.2, 0.25) is 5.91 Å². The molecule has 0 spiro atoms. The van der Waals surface area contributed by atoms with Crippen LogP contribution in [0.5, 0.6) is 0 Å². The quantitative estimate of drug-likeness (QED) is 0.658. The highest BCUT2D eigenvalue weighted by atomic mass is 32.2. The van der Waals surface area contributed by atoms with Crippen LogP contribution in [-0.2, 0) is 24.7 Å². The summed E-state index contributed by atoms with van der Waals surface area (Å²) in [5, 5.41) is 12.6. The molecule has 0 aliphatic heterocycles. The van der Waals surface area contributed by atoms with Crippen molar-refractivity contribution in [3.63, 3.8) is 0 Å². The molecule has 0 fully saturated rings. The standard InChI is InChI=1S/C20H30N4OS2/c1-5-13-8-9-16-14(10-13)11-17(27-16)19-22-23-20(24(19)4)26-12-18(25)21-15(6-2)7-3/h11,13,15H,5-10,12H2,1-4H3,(H,21,25)/t13-/m0/s1. The molecule has 148 valence electrons. The van der Waals surface area contributed by atoms with E-state index in [2.05, 4.69) is 42.4 Å². The highest BCUT2D eigenvalue weighted by Gasteiger charge is 2.22. The van der Waals surface area contributed by atoms with Crippen LogP contribution >= 0.6 is 23.1 Å². The summed E-state index contributed by atoms with van der Waals surface area (Å²) in [6.07, 6.45) is 6.86. The van der Waals surface area contributed by atoms with Gasteiger partial charge in [-0.25, -0.2) is 0 Å². The first-order chi connectivity index (χ1) is 13.0. The molecule has 5 nitrogen and oxygen atoms in total. The Bertz CT molecular complexity index is 779. The number of hydrogen-bond donors (Lipinski definition) is 1. The Morgan fingerprint density at radius 3 is 2.85 bits per heavy atom. The van der Waals surface area contributed by atoms with Gasteiger partial charge < -0.3 is 9.88 Å². The first-order valence-electron chi connectivity index (χ1n) is 9.99. The van der Waals surface area contributed by atoms with E-state index in [4.69, 9.17) is 0 Å². The van der Waals surface area contributed by atoms with E-state index in [1.54, 1.807) is 0 Å². The molecule has 27 heavy (non-hydrogen) atoms. The first-order valence-corrected chi connectivity index (χ1v) is 11.8. The van der Waals surface area contributed by atoms with E-state index in [1.165, 1.54) is 52.8 Å². The van der Waals surface area contributed by atoms with Crippen LogP contribution in [0.15, 0.2) is 11.2 Å². The zero-order valence-electron chi connectivity index (χ0n) is 16.7. The number of nitrogens with one attached hydrogen (secondary N) is 1. The van der Waals surface area contributed by atoms with Crippen LogP contribution in [0, 0.1) is 5.92 Å². The topological polar surface area (TPSA) is 59.8 Å². The lowest BCUT2D eigenvalue weighted by atomic mass is 9.87. The van der Waals surface area contributed by atoms with E-state index < -0.39 is 0 Å². The van der Waals surface area contributed by atoms with Gasteiger partial charge in [0.15, 0.2) is 11.0 Å². The van der Waals surface area contributed by atoms with Gasteiger partial charge in [-0.1, -0.05) is 39.0 Å². The Morgan fingerprint density at radius 2 is 2.15 bits per heavy atom. The van der Waals surface area contributed by atoms with Crippen molar-refractivity contribution in [3.05, 3.63) is 16.5 Å². The zero-order chi connectivity index (χ0) is 19.4. The second kappa shape index (κ2) is 9.24. The molecule has 1 atom stereocenters. The molecule has 2 aromatic heterocycles. The summed E-state index contributed by atoms with van der Waals surface area (Å²) < 4.78 is 2.02. The number of aryl methyl sites for hydroxylation is 1. The minimum atomic E-state index is 0.0652. The fraction of sp³-hybridized carbons (Fsp3) is 0.650. The average molecular weight is 407 g/mol. The minimum Gasteiger partial charge on any atom is -0.353 e. The lowest BCUT2D eigenvalue weighted by Crippen LogP contribution is -2.35. The smallest absolute Gasteiger partial charge is 0.230 e. The predicted octanol–water partition coefficient (Wildman–Crippen LogP) is 4.46. The van der Waals surface area contributed by atoms with Gasteiger partial charge in [-0.05, 0) is 49.7 Å². The van der Waals surface area contributed by atoms with Crippen LogP contribution in [0.1, 0.15) is 56.9 Å². The maximum atomic E-state index is 12.1. The monoisotopic (exact) mass is 406 g/mol. The van der Waals surface area contributed by atoms with Gasteiger partial charge in [0.1, 0.15) is 0 Å². The molecule has 0 unspecified atom stereocenters. The predicted molar refractivity (Wildman–Crippen MR) is 113 cm³/mol. The summed E-state index contributed by atoms with van der Waals surface area (Å²) in [5.74, 6) is 2.17. The Hall–Kier alpha value is -1.34. The Morgan fingerprint density at radius 1 is 1.37 bits per heavy atom. The molecule has 0 radical (unpaired) electrons. The molecule has 1 aliphatic rings. The summed E-state index contributed by atoms with van der Waals surface area (Å²) in [6, 6.07) is 2.57. The van der Waals surface area contributed by atoms with Crippen molar-refractivity contribution in [1.29, 1.82) is 0 Å². The lowest BCUT2D eigenvalue weighted by molar-refractivity contribution is -0.119. The number of thioether (sulfide) groups is 1. The molecule has 0 bridgehead atoms. The molecular formula is C20H30N4OS2. The number of carbonyl (C=O) groups excluding carboxylic acids is 1. The number of fused-ring (bicyclic) bond motifs is 1. The number of thiophene rings is 1. The van der Waals surface area contributed by atoms with Gasteiger partial charge in [-0.2, -0.15) is 0 Å². The third-order valence-electron chi connectivity index (χ3n) is 5.50. The van der Waals surface area contributed by atoms with Crippen LogP contribution in [0.3, 0.4) is 0 Å². The second-order valence-corrected chi connectivity index (χ2v) is 9.39. The number of hydrogen-bond acceptors (Lipinski definition) is 5. The van der Waals surface area contributed by atoms with Crippen molar-refractivity contribution >= 4 is 29.0 Å². The largest absolute Gasteiger partial charge is 0.353 e. The number of nitrogens with zero attached hydrogens (tertiary/aromatic N) is 3. The molecule has 1 aliphatic carbocycles. The van der Waals surface area contributed by atoms with Crippen molar-refractivity contribution in [3.8, 4) is 10.7 Å². The molecule has 1 amide bonds. The molecule has 2 aromatic rings. The van der Waals surface area contributed by atoms with E-state index >= 15 is 0 Å². The van der Waals surface area contributed by atoms with E-state index in [9.17, 15) is 4.79 Å². The minimum absolute atomic E-state index is 0.0652. The SMILES string of the molecule is CCC(CC)NC(=O)CSc1nnc(-c2cc3c(s2)CC[C@H](CC)C3)n1C. The average Bonchev–Trinajstić information content (AvgIpc) is 3.26. The van der Waals surface area contributed by atoms with Crippen molar-refractivity contribution in [2.75, 3.05) is 5.75 Å². The van der Waals surface area contributed by atoms with Gasteiger partial charge in [-0.15, -0.1) is 21.5 Å². The van der Waals surface area contributed by atoms with Gasteiger partial charge in [-0.3, -0.25) is 4.79 Å². The number of carbonyl (C=O) groups is 1. The number of amides is 1. The molecule has 3 rings (SSSR count). The summed E-state index contributed by atoms with van der Waals surface area (Å²) in [4.78, 5) is 14.8. The highest BCUT2D eigenvalue weighted by molar-refractivity contribution is 7.99. The fourth-order valence-electron chi connectivity index (χ4n) is 3.61. The van der Waals surface area contributed by atoms with E-state index in [1.807, 2.05) is 23.0 Å². The molecule has 0 saturated carbocycles. The molecular weight excluding hydrogens is 376 g/mol. The van der Waals surface area contributed by atoms with Crippen LogP contribution in [-0.4, -0.2) is 32.5 Å². The normalized spacial score (nSPS) is 16.6. The van der Waals surface area contributed by atoms with E-state index in [0.717, 1.165) is 29.7 Å². The molecule has 0 saturated heterocycles. The van der Waals surface area contributed by atoms with Crippen molar-refractivity contribution < 1.29 is 4.79 Å². The molecule has 2 heterocycles. The van der Waals surface area contributed by atoms with Gasteiger partial charge in [0.05, 0.1) is 10.6 Å². The highest BCUT2D eigenvalue weighted by Crippen LogP contribution is 2.37. The third-order valence-corrected chi connectivity index (χ3v) is 7.75. The molecule has 0 aromatic carbocycles. The van der Waals surface area contributed by atoms with Crippen molar-refractivity contribution in [2.45, 2.75) is 70.5 Å². The Labute approximate surface area is 170 Å². The van der Waals surface area contributed by atoms with E-state index in [-0.39, 0.29) is 11.9 Å². The number of rotatable bonds is 8. The summed E-state index contributed by atoms with van der Waals surface area (Å²) in [6.45, 7) is 6.48. The Balaban J connectivity index is 1.66. The van der Waals surface area contributed by atoms with Crippen LogP contribution in [0.4, 0.5) is 0 Å². The molecule has 1 N–H and O–H groups in total. The number of aromatic nitrogens is 3. The van der Waals surface area contributed by atoms with Crippen molar-refractivity contribution in [1.82, 2.24) is 20.1 Å². The summed E-state index contributed by atoms with van der Waals surface area (Å²) in [5.41, 5.74) is 1.50.